The summed E-state index contributed by atoms with van der Waals surface area (Å²) in [5.41, 5.74) is 2.40. The summed E-state index contributed by atoms with van der Waals surface area (Å²) in [7, 11) is 0. The van der Waals surface area contributed by atoms with Gasteiger partial charge in [-0.15, -0.1) is 0 Å². The highest BCUT2D eigenvalue weighted by Gasteiger charge is 2.13. The molecule has 118 valence electrons. The summed E-state index contributed by atoms with van der Waals surface area (Å²) in [5, 5.41) is 4.04. The highest BCUT2D eigenvalue weighted by Crippen LogP contribution is 2.25. The van der Waals surface area contributed by atoms with E-state index in [1.54, 1.807) is 0 Å². The molecule has 2 rings (SSSR count). The van der Waals surface area contributed by atoms with Gasteiger partial charge < -0.3 is 10.1 Å². The fraction of sp³-hybridized carbons (Fsp3) is 0.368. The zero-order chi connectivity index (χ0) is 16.2. The SMILES string of the molecule is CC(CNc1ccccc1Cl)Oc1ccc(C(C)(C)C)cc1. The van der Waals surface area contributed by atoms with E-state index >= 15 is 0 Å². The van der Waals surface area contributed by atoms with Gasteiger partial charge in [0.05, 0.1) is 17.3 Å². The lowest BCUT2D eigenvalue weighted by Gasteiger charge is -2.20. The zero-order valence-corrected chi connectivity index (χ0v) is 14.4. The molecule has 0 amide bonds. The van der Waals surface area contributed by atoms with E-state index in [1.165, 1.54) is 5.56 Å². The summed E-state index contributed by atoms with van der Waals surface area (Å²) >= 11 is 6.12. The van der Waals surface area contributed by atoms with Crippen LogP contribution in [0.5, 0.6) is 5.75 Å². The Hall–Kier alpha value is -1.67. The van der Waals surface area contributed by atoms with Crippen LogP contribution < -0.4 is 10.1 Å². The van der Waals surface area contributed by atoms with Gasteiger partial charge in [-0.1, -0.05) is 56.6 Å². The summed E-state index contributed by atoms with van der Waals surface area (Å²) in [6.07, 6.45) is 0.0526. The van der Waals surface area contributed by atoms with Gasteiger partial charge in [-0.3, -0.25) is 0 Å². The lowest BCUT2D eigenvalue weighted by Crippen LogP contribution is -2.22. The minimum Gasteiger partial charge on any atom is -0.489 e. The van der Waals surface area contributed by atoms with Gasteiger partial charge in [0.2, 0.25) is 0 Å². The Balaban J connectivity index is 1.89. The molecule has 1 N–H and O–H groups in total. The normalized spacial score (nSPS) is 12.8. The number of nitrogens with one attached hydrogen (secondary N) is 1. The molecular formula is C19H24ClNO. The molecule has 2 aromatic carbocycles. The van der Waals surface area contributed by atoms with Gasteiger partial charge in [-0.25, -0.2) is 0 Å². The summed E-state index contributed by atoms with van der Waals surface area (Å²) in [4.78, 5) is 0. The van der Waals surface area contributed by atoms with E-state index < -0.39 is 0 Å². The van der Waals surface area contributed by atoms with E-state index in [9.17, 15) is 0 Å². The van der Waals surface area contributed by atoms with Gasteiger partial charge >= 0.3 is 0 Å². The third-order valence-corrected chi connectivity index (χ3v) is 3.84. The Kier molecular flexibility index (Phi) is 5.36. The number of anilines is 1. The monoisotopic (exact) mass is 317 g/mol. The van der Waals surface area contributed by atoms with Crippen molar-refractivity contribution in [3.05, 3.63) is 59.1 Å². The Bertz CT molecular complexity index is 602. The molecule has 22 heavy (non-hydrogen) atoms. The minimum atomic E-state index is 0.0526. The molecule has 1 atom stereocenters. The molecule has 0 aliphatic carbocycles. The second-order valence-corrected chi connectivity index (χ2v) is 6.97. The third-order valence-electron chi connectivity index (χ3n) is 3.51. The molecule has 0 radical (unpaired) electrons. The number of benzene rings is 2. The first-order valence-corrected chi connectivity index (χ1v) is 7.99. The second kappa shape index (κ2) is 7.06. The van der Waals surface area contributed by atoms with Crippen LogP contribution in [-0.4, -0.2) is 12.6 Å². The lowest BCUT2D eigenvalue weighted by atomic mass is 9.87. The number of rotatable bonds is 5. The average molecular weight is 318 g/mol. The predicted molar refractivity (Wildman–Crippen MR) is 95.2 cm³/mol. The smallest absolute Gasteiger partial charge is 0.119 e. The number of para-hydroxylation sites is 1. The van der Waals surface area contributed by atoms with Crippen LogP contribution in [0.25, 0.3) is 0 Å². The summed E-state index contributed by atoms with van der Waals surface area (Å²) in [6, 6.07) is 16.1. The minimum absolute atomic E-state index is 0.0526. The van der Waals surface area contributed by atoms with Crippen molar-refractivity contribution < 1.29 is 4.74 Å². The van der Waals surface area contributed by atoms with Gasteiger partial charge in [0, 0.05) is 0 Å². The van der Waals surface area contributed by atoms with Gasteiger partial charge in [-0.2, -0.15) is 0 Å². The molecular weight excluding hydrogens is 294 g/mol. The molecule has 0 aliphatic heterocycles. The van der Waals surface area contributed by atoms with Gasteiger partial charge in [0.15, 0.2) is 0 Å². The molecule has 0 fully saturated rings. The van der Waals surface area contributed by atoms with E-state index in [4.69, 9.17) is 16.3 Å². The van der Waals surface area contributed by atoms with Gasteiger partial charge in [-0.05, 0) is 42.2 Å². The summed E-state index contributed by atoms with van der Waals surface area (Å²) in [5.74, 6) is 0.890. The fourth-order valence-electron chi connectivity index (χ4n) is 2.17. The van der Waals surface area contributed by atoms with Crippen LogP contribution in [0.1, 0.15) is 33.3 Å². The number of halogens is 1. The van der Waals surface area contributed by atoms with E-state index in [2.05, 4.69) is 38.2 Å². The molecule has 2 aromatic rings. The molecule has 0 saturated heterocycles. The van der Waals surface area contributed by atoms with Crippen LogP contribution in [0.15, 0.2) is 48.5 Å². The quantitative estimate of drug-likeness (QED) is 0.784. The summed E-state index contributed by atoms with van der Waals surface area (Å²) < 4.78 is 5.94. The van der Waals surface area contributed by atoms with Gasteiger partial charge in [0.25, 0.3) is 0 Å². The van der Waals surface area contributed by atoms with Crippen LogP contribution in [0.2, 0.25) is 5.02 Å². The fourth-order valence-corrected chi connectivity index (χ4v) is 2.37. The maximum absolute atomic E-state index is 6.12. The maximum atomic E-state index is 6.12. The Morgan fingerprint density at radius 1 is 1.05 bits per heavy atom. The average Bonchev–Trinajstić information content (AvgIpc) is 2.46. The second-order valence-electron chi connectivity index (χ2n) is 6.56. The zero-order valence-electron chi connectivity index (χ0n) is 13.7. The highest BCUT2D eigenvalue weighted by atomic mass is 35.5. The molecule has 0 aliphatic rings. The van der Waals surface area contributed by atoms with Crippen molar-refractivity contribution in [2.24, 2.45) is 0 Å². The Morgan fingerprint density at radius 3 is 2.27 bits per heavy atom. The first kappa shape index (κ1) is 16.7. The molecule has 0 aromatic heterocycles. The van der Waals surface area contributed by atoms with Crippen molar-refractivity contribution >= 4 is 17.3 Å². The molecule has 0 spiro atoms. The first-order valence-electron chi connectivity index (χ1n) is 7.62. The Morgan fingerprint density at radius 2 is 1.68 bits per heavy atom. The Labute approximate surface area is 138 Å². The van der Waals surface area contributed by atoms with Crippen molar-refractivity contribution in [1.29, 1.82) is 0 Å². The van der Waals surface area contributed by atoms with Crippen molar-refractivity contribution in [3.63, 3.8) is 0 Å². The van der Waals surface area contributed by atoms with Gasteiger partial charge in [0.1, 0.15) is 11.9 Å². The molecule has 3 heteroatoms. The van der Waals surface area contributed by atoms with E-state index in [-0.39, 0.29) is 11.5 Å². The van der Waals surface area contributed by atoms with E-state index in [1.807, 2.05) is 43.3 Å². The third kappa shape index (κ3) is 4.67. The lowest BCUT2D eigenvalue weighted by molar-refractivity contribution is 0.234. The van der Waals surface area contributed by atoms with Crippen molar-refractivity contribution in [2.75, 3.05) is 11.9 Å². The highest BCUT2D eigenvalue weighted by molar-refractivity contribution is 6.33. The molecule has 0 saturated carbocycles. The van der Waals surface area contributed by atoms with Crippen LogP contribution in [0, 0.1) is 0 Å². The molecule has 2 nitrogen and oxygen atoms in total. The maximum Gasteiger partial charge on any atom is 0.119 e. The topological polar surface area (TPSA) is 21.3 Å². The molecule has 0 heterocycles. The molecule has 1 unspecified atom stereocenters. The number of hydrogen-bond donors (Lipinski definition) is 1. The molecule has 0 bridgehead atoms. The number of hydrogen-bond acceptors (Lipinski definition) is 2. The van der Waals surface area contributed by atoms with E-state index in [0.29, 0.717) is 6.54 Å². The van der Waals surface area contributed by atoms with Crippen molar-refractivity contribution in [3.8, 4) is 5.75 Å². The van der Waals surface area contributed by atoms with Crippen molar-refractivity contribution in [2.45, 2.75) is 39.2 Å². The van der Waals surface area contributed by atoms with E-state index in [0.717, 1.165) is 16.5 Å². The van der Waals surface area contributed by atoms with Crippen molar-refractivity contribution in [1.82, 2.24) is 0 Å². The van der Waals surface area contributed by atoms with Crippen LogP contribution >= 0.6 is 11.6 Å². The van der Waals surface area contributed by atoms with Crippen LogP contribution in [0.4, 0.5) is 5.69 Å². The summed E-state index contributed by atoms with van der Waals surface area (Å²) in [6.45, 7) is 9.36. The van der Waals surface area contributed by atoms with Crippen LogP contribution in [-0.2, 0) is 5.41 Å². The predicted octanol–water partition coefficient (Wildman–Crippen LogP) is 5.52. The number of ether oxygens (including phenoxy) is 1. The standard InChI is InChI=1S/C19H24ClNO/c1-14(13-21-18-8-6-5-7-17(18)20)22-16-11-9-15(10-12-16)19(2,3)4/h5-12,14,21H,13H2,1-4H3. The van der Waals surface area contributed by atoms with Crippen LogP contribution in [0.3, 0.4) is 0 Å². The largest absolute Gasteiger partial charge is 0.489 e. The first-order chi connectivity index (χ1) is 10.4.